The predicted molar refractivity (Wildman–Crippen MR) is 68.3 cm³/mol. The van der Waals surface area contributed by atoms with Crippen molar-refractivity contribution >= 4 is 15.9 Å². The quantitative estimate of drug-likeness (QED) is 0.922. The average molecular weight is 316 g/mol. The molecule has 0 fully saturated rings. The van der Waals surface area contributed by atoms with Crippen LogP contribution in [0.25, 0.3) is 0 Å². The normalized spacial score (nSPS) is 12.7. The fourth-order valence-electron chi connectivity index (χ4n) is 1.81. The van der Waals surface area contributed by atoms with Crippen LogP contribution in [0.4, 0.5) is 8.78 Å². The summed E-state index contributed by atoms with van der Waals surface area (Å²) in [5.74, 6) is -1.70. The molecule has 0 saturated heterocycles. The molecule has 0 aliphatic heterocycles. The Labute approximate surface area is 112 Å². The predicted octanol–water partition coefficient (Wildman–Crippen LogP) is 4.02. The second-order valence-corrected chi connectivity index (χ2v) is 4.53. The van der Waals surface area contributed by atoms with E-state index in [0.717, 1.165) is 11.6 Å². The first kappa shape index (κ1) is 13.2. The van der Waals surface area contributed by atoms with E-state index in [9.17, 15) is 8.78 Å². The van der Waals surface area contributed by atoms with Crippen molar-refractivity contribution in [2.75, 3.05) is 6.54 Å². The molecule has 0 aliphatic carbocycles. The maximum Gasteiger partial charge on any atom is 0.174 e. The van der Waals surface area contributed by atoms with Crippen LogP contribution in [0.15, 0.2) is 39.6 Å². The molecule has 1 atom stereocenters. The van der Waals surface area contributed by atoms with Gasteiger partial charge in [0.2, 0.25) is 0 Å². The number of hydrogen-bond acceptors (Lipinski definition) is 2. The molecule has 1 N–H and O–H groups in total. The highest BCUT2D eigenvalue weighted by molar-refractivity contribution is 9.10. The topological polar surface area (TPSA) is 25.2 Å². The molecule has 1 aromatic heterocycles. The average Bonchev–Trinajstić information content (AvgIpc) is 2.76. The first-order chi connectivity index (χ1) is 8.63. The minimum atomic E-state index is -0.852. The molecule has 2 aromatic rings. The molecular formula is C13H12BrF2NO. The maximum absolute atomic E-state index is 13.3. The SMILES string of the molecule is CCNC(c1ccc(F)c(F)c1)c1ccoc1Br. The summed E-state index contributed by atoms with van der Waals surface area (Å²) in [4.78, 5) is 0. The second-order valence-electron chi connectivity index (χ2n) is 3.81. The van der Waals surface area contributed by atoms with Gasteiger partial charge in [-0.15, -0.1) is 0 Å². The van der Waals surface area contributed by atoms with Crippen LogP contribution in [0.1, 0.15) is 24.1 Å². The number of furan rings is 1. The van der Waals surface area contributed by atoms with Crippen LogP contribution in [0.2, 0.25) is 0 Å². The van der Waals surface area contributed by atoms with Crippen molar-refractivity contribution < 1.29 is 13.2 Å². The zero-order valence-electron chi connectivity index (χ0n) is 9.71. The maximum atomic E-state index is 13.3. The van der Waals surface area contributed by atoms with Crippen molar-refractivity contribution in [1.82, 2.24) is 5.32 Å². The third-order valence-corrected chi connectivity index (χ3v) is 3.29. The van der Waals surface area contributed by atoms with Gasteiger partial charge >= 0.3 is 0 Å². The number of halogens is 3. The highest BCUT2D eigenvalue weighted by Gasteiger charge is 2.19. The summed E-state index contributed by atoms with van der Waals surface area (Å²) < 4.78 is 32.0. The molecule has 96 valence electrons. The summed E-state index contributed by atoms with van der Waals surface area (Å²) in [6.07, 6.45) is 1.55. The van der Waals surface area contributed by atoms with E-state index in [0.29, 0.717) is 16.8 Å². The van der Waals surface area contributed by atoms with E-state index < -0.39 is 11.6 Å². The monoisotopic (exact) mass is 315 g/mol. The van der Waals surface area contributed by atoms with Gasteiger partial charge in [0.05, 0.1) is 12.3 Å². The Morgan fingerprint density at radius 2 is 2.06 bits per heavy atom. The smallest absolute Gasteiger partial charge is 0.174 e. The Bertz CT molecular complexity index is 542. The highest BCUT2D eigenvalue weighted by Crippen LogP contribution is 2.30. The van der Waals surface area contributed by atoms with Gasteiger partial charge in [-0.05, 0) is 46.2 Å². The van der Waals surface area contributed by atoms with Gasteiger partial charge < -0.3 is 9.73 Å². The third kappa shape index (κ3) is 2.62. The van der Waals surface area contributed by atoms with Crippen LogP contribution in [-0.4, -0.2) is 6.54 Å². The second kappa shape index (κ2) is 5.63. The molecule has 0 spiro atoms. The molecule has 0 saturated carbocycles. The van der Waals surface area contributed by atoms with Gasteiger partial charge in [-0.3, -0.25) is 0 Å². The van der Waals surface area contributed by atoms with Crippen LogP contribution in [0.5, 0.6) is 0 Å². The van der Waals surface area contributed by atoms with Crippen molar-refractivity contribution in [2.24, 2.45) is 0 Å². The standard InChI is InChI=1S/C13H12BrF2NO/c1-2-17-12(9-5-6-18-13(9)14)8-3-4-10(15)11(16)7-8/h3-7,12,17H,2H2,1H3. The van der Waals surface area contributed by atoms with Gasteiger partial charge in [-0.1, -0.05) is 13.0 Å². The fraction of sp³-hybridized carbons (Fsp3) is 0.231. The van der Waals surface area contributed by atoms with Gasteiger partial charge in [0.25, 0.3) is 0 Å². The van der Waals surface area contributed by atoms with Gasteiger partial charge in [-0.2, -0.15) is 0 Å². The largest absolute Gasteiger partial charge is 0.457 e. The summed E-state index contributed by atoms with van der Waals surface area (Å²) in [5, 5.41) is 3.21. The lowest BCUT2D eigenvalue weighted by Crippen LogP contribution is -2.22. The minimum Gasteiger partial charge on any atom is -0.457 e. The molecule has 0 bridgehead atoms. The molecule has 2 rings (SSSR count). The van der Waals surface area contributed by atoms with Crippen LogP contribution < -0.4 is 5.32 Å². The van der Waals surface area contributed by atoms with E-state index in [4.69, 9.17) is 4.42 Å². The molecule has 0 radical (unpaired) electrons. The molecule has 1 unspecified atom stereocenters. The van der Waals surface area contributed by atoms with Crippen molar-refractivity contribution in [1.29, 1.82) is 0 Å². The summed E-state index contributed by atoms with van der Waals surface area (Å²) >= 11 is 3.29. The Morgan fingerprint density at radius 3 is 2.61 bits per heavy atom. The first-order valence-corrected chi connectivity index (χ1v) is 6.34. The lowest BCUT2D eigenvalue weighted by molar-refractivity contribution is 0.501. The van der Waals surface area contributed by atoms with E-state index in [1.807, 2.05) is 6.92 Å². The van der Waals surface area contributed by atoms with Crippen molar-refractivity contribution in [3.63, 3.8) is 0 Å². The van der Waals surface area contributed by atoms with Gasteiger partial charge in [-0.25, -0.2) is 8.78 Å². The number of nitrogens with one attached hydrogen (secondary N) is 1. The zero-order chi connectivity index (χ0) is 13.1. The number of hydrogen-bond donors (Lipinski definition) is 1. The highest BCUT2D eigenvalue weighted by atomic mass is 79.9. The Kier molecular flexibility index (Phi) is 4.14. The van der Waals surface area contributed by atoms with Crippen molar-refractivity contribution in [3.05, 3.63) is 58.0 Å². The summed E-state index contributed by atoms with van der Waals surface area (Å²) in [7, 11) is 0. The number of rotatable bonds is 4. The van der Waals surface area contributed by atoms with Crippen LogP contribution in [0, 0.1) is 11.6 Å². The van der Waals surface area contributed by atoms with Gasteiger partial charge in [0.1, 0.15) is 0 Å². The van der Waals surface area contributed by atoms with Crippen LogP contribution in [-0.2, 0) is 0 Å². The summed E-state index contributed by atoms with van der Waals surface area (Å²) in [6, 6.07) is 5.44. The number of benzene rings is 1. The summed E-state index contributed by atoms with van der Waals surface area (Å²) in [5.41, 5.74) is 1.50. The van der Waals surface area contributed by atoms with E-state index in [2.05, 4.69) is 21.2 Å². The summed E-state index contributed by atoms with van der Waals surface area (Å²) in [6.45, 7) is 2.64. The lowest BCUT2D eigenvalue weighted by Gasteiger charge is -2.17. The molecule has 5 heteroatoms. The molecule has 1 aromatic carbocycles. The van der Waals surface area contributed by atoms with E-state index in [-0.39, 0.29) is 6.04 Å². The zero-order valence-corrected chi connectivity index (χ0v) is 11.3. The third-order valence-electron chi connectivity index (χ3n) is 2.64. The first-order valence-electron chi connectivity index (χ1n) is 5.54. The molecular weight excluding hydrogens is 304 g/mol. The molecule has 18 heavy (non-hydrogen) atoms. The fourth-order valence-corrected chi connectivity index (χ4v) is 2.28. The lowest BCUT2D eigenvalue weighted by atomic mass is 10.0. The van der Waals surface area contributed by atoms with Crippen LogP contribution in [0.3, 0.4) is 0 Å². The molecule has 0 amide bonds. The van der Waals surface area contributed by atoms with Crippen molar-refractivity contribution in [3.8, 4) is 0 Å². The minimum absolute atomic E-state index is 0.238. The van der Waals surface area contributed by atoms with E-state index in [1.165, 1.54) is 6.07 Å². The molecule has 2 nitrogen and oxygen atoms in total. The van der Waals surface area contributed by atoms with Gasteiger partial charge in [0.15, 0.2) is 16.3 Å². The van der Waals surface area contributed by atoms with E-state index in [1.54, 1.807) is 18.4 Å². The molecule has 0 aliphatic rings. The van der Waals surface area contributed by atoms with E-state index >= 15 is 0 Å². The van der Waals surface area contributed by atoms with Gasteiger partial charge in [0, 0.05) is 5.56 Å². The molecule has 1 heterocycles. The Morgan fingerprint density at radius 1 is 1.28 bits per heavy atom. The Balaban J connectivity index is 2.41. The Hall–Kier alpha value is -1.20. The van der Waals surface area contributed by atoms with Crippen LogP contribution >= 0.6 is 15.9 Å². The van der Waals surface area contributed by atoms with Crippen molar-refractivity contribution in [2.45, 2.75) is 13.0 Å².